The van der Waals surface area contributed by atoms with Crippen molar-refractivity contribution in [2.24, 2.45) is 0 Å². The van der Waals surface area contributed by atoms with Gasteiger partial charge in [0.2, 0.25) is 0 Å². The van der Waals surface area contributed by atoms with Crippen LogP contribution in [0.3, 0.4) is 0 Å². The molecule has 9 aromatic rings. The van der Waals surface area contributed by atoms with E-state index in [1.807, 2.05) is 6.20 Å². The van der Waals surface area contributed by atoms with E-state index in [1.54, 1.807) is 0 Å². The topological polar surface area (TPSA) is 33.5 Å². The lowest BCUT2D eigenvalue weighted by molar-refractivity contribution is 0.483. The van der Waals surface area contributed by atoms with Crippen LogP contribution in [0.5, 0.6) is 11.5 Å². The molecule has 0 saturated heterocycles. The van der Waals surface area contributed by atoms with Gasteiger partial charge in [0.05, 0.1) is 28.1 Å². The smallest absolute Gasteiger partial charge is 0.137 e. The normalized spacial score (nSPS) is 13.2. The van der Waals surface area contributed by atoms with Gasteiger partial charge in [-0.2, -0.15) is 0 Å². The van der Waals surface area contributed by atoms with Gasteiger partial charge in [-0.05, 0) is 116 Å². The van der Waals surface area contributed by atoms with E-state index >= 15 is 0 Å². The molecule has 0 atom stereocenters. The van der Waals surface area contributed by atoms with E-state index < -0.39 is 0 Å². The first-order valence-electron chi connectivity index (χ1n) is 22.9. The predicted molar refractivity (Wildman–Crippen MR) is 274 cm³/mol. The van der Waals surface area contributed by atoms with Crippen LogP contribution in [0.4, 0.5) is 22.7 Å². The minimum absolute atomic E-state index is 0.0146. The Morgan fingerprint density at radius 2 is 1.12 bits per heavy atom. The Bertz CT molecular complexity index is 3230. The van der Waals surface area contributed by atoms with Crippen LogP contribution in [0.25, 0.3) is 49.9 Å². The average molecular weight is 851 g/mol. The first kappa shape index (κ1) is 41.9. The summed E-state index contributed by atoms with van der Waals surface area (Å²) in [6.07, 6.45) is 1.94. The Morgan fingerprint density at radius 1 is 0.462 bits per heavy atom. The number of nitrogens with zero attached hydrogens (tertiary/aromatic N) is 4. The molecule has 0 N–H and O–H groups in total. The quantitative estimate of drug-likeness (QED) is 0.160. The molecule has 1 aliphatic heterocycles. The van der Waals surface area contributed by atoms with E-state index in [4.69, 9.17) is 9.72 Å². The van der Waals surface area contributed by atoms with E-state index in [-0.39, 0.29) is 16.2 Å². The Kier molecular flexibility index (Phi) is 10.2. The molecule has 2 aromatic heterocycles. The third kappa shape index (κ3) is 7.84. The number of rotatable bonds is 7. The summed E-state index contributed by atoms with van der Waals surface area (Å²) in [6.45, 7) is 21.2. The van der Waals surface area contributed by atoms with Crippen LogP contribution in [0.15, 0.2) is 176 Å². The molecule has 0 unspecified atom stereocenters. The molecular formula is C60H58N4O. The number of ether oxygens (including phenoxy) is 1. The van der Waals surface area contributed by atoms with Gasteiger partial charge in [0, 0.05) is 40.4 Å². The van der Waals surface area contributed by atoms with Crippen molar-refractivity contribution in [2.45, 2.75) is 78.6 Å². The molecule has 10 rings (SSSR count). The summed E-state index contributed by atoms with van der Waals surface area (Å²) in [5.41, 5.74) is 15.4. The monoisotopic (exact) mass is 850 g/mol. The summed E-state index contributed by atoms with van der Waals surface area (Å²) < 4.78 is 9.14. The van der Waals surface area contributed by atoms with Gasteiger partial charge in [0.1, 0.15) is 24.0 Å². The fourth-order valence-electron chi connectivity index (χ4n) is 9.43. The van der Waals surface area contributed by atoms with Crippen LogP contribution in [-0.2, 0) is 16.2 Å². The van der Waals surface area contributed by atoms with Gasteiger partial charge in [-0.3, -0.25) is 4.57 Å². The van der Waals surface area contributed by atoms with Gasteiger partial charge in [-0.15, -0.1) is 0 Å². The van der Waals surface area contributed by atoms with E-state index in [9.17, 15) is 0 Å². The molecule has 5 nitrogen and oxygen atoms in total. The standard InChI is InChI=1S/C60H58N4O/c1-58(2,3)43-28-31-52-50(35-43)49-30-29-47(38-55(49)64(52)56-36-44(32-33-61-56)59(4,5)6)65-46-23-16-22-45(37-46)62-39-63(54-27-14-13-26-53(54)62)57-48(24-17-25-51(57)60(7,8)9)42-21-15-20-41(34-42)40-18-11-10-12-19-40/h10-38H,39H2,1-9H3. The number of anilines is 4. The number of pyridine rings is 1. The lowest BCUT2D eigenvalue weighted by Crippen LogP contribution is -2.27. The summed E-state index contributed by atoms with van der Waals surface area (Å²) in [4.78, 5) is 9.87. The second kappa shape index (κ2) is 15.8. The molecule has 0 aliphatic carbocycles. The predicted octanol–water partition coefficient (Wildman–Crippen LogP) is 16.4. The third-order valence-electron chi connectivity index (χ3n) is 13.0. The van der Waals surface area contributed by atoms with Crippen LogP contribution < -0.4 is 14.5 Å². The van der Waals surface area contributed by atoms with E-state index in [0.29, 0.717) is 6.67 Å². The summed E-state index contributed by atoms with van der Waals surface area (Å²) in [6, 6.07) is 61.4. The number of aromatic nitrogens is 2. The van der Waals surface area contributed by atoms with Crippen LogP contribution in [0.1, 0.15) is 79.0 Å². The Labute approximate surface area is 384 Å². The van der Waals surface area contributed by atoms with Crippen molar-refractivity contribution < 1.29 is 4.74 Å². The highest BCUT2D eigenvalue weighted by atomic mass is 16.5. The third-order valence-corrected chi connectivity index (χ3v) is 13.0. The van der Waals surface area contributed by atoms with Crippen molar-refractivity contribution in [3.8, 4) is 39.6 Å². The zero-order valence-corrected chi connectivity index (χ0v) is 39.1. The highest BCUT2D eigenvalue weighted by Crippen LogP contribution is 2.50. The van der Waals surface area contributed by atoms with Crippen molar-refractivity contribution >= 4 is 44.6 Å². The fraction of sp³-hybridized carbons (Fsp3) is 0.217. The van der Waals surface area contributed by atoms with Crippen LogP contribution >= 0.6 is 0 Å². The Morgan fingerprint density at radius 3 is 1.88 bits per heavy atom. The number of hydrogen-bond acceptors (Lipinski definition) is 4. The van der Waals surface area contributed by atoms with Gasteiger partial charge < -0.3 is 14.5 Å². The van der Waals surface area contributed by atoms with Gasteiger partial charge >= 0.3 is 0 Å². The molecule has 0 fully saturated rings. The molecule has 3 heterocycles. The summed E-state index contributed by atoms with van der Waals surface area (Å²) in [7, 11) is 0. The molecular weight excluding hydrogens is 793 g/mol. The minimum atomic E-state index is -0.106. The molecule has 0 radical (unpaired) electrons. The van der Waals surface area contributed by atoms with Crippen LogP contribution in [0, 0.1) is 0 Å². The van der Waals surface area contributed by atoms with Crippen molar-refractivity contribution in [2.75, 3.05) is 16.5 Å². The summed E-state index contributed by atoms with van der Waals surface area (Å²) >= 11 is 0. The highest BCUT2D eigenvalue weighted by molar-refractivity contribution is 6.10. The number of hydrogen-bond donors (Lipinski definition) is 0. The lowest BCUT2D eigenvalue weighted by atomic mass is 9.82. The lowest BCUT2D eigenvalue weighted by Gasteiger charge is -2.32. The Hall–Kier alpha value is -7.11. The van der Waals surface area contributed by atoms with Gasteiger partial charge in [-0.25, -0.2) is 4.98 Å². The van der Waals surface area contributed by atoms with Gasteiger partial charge in [0.15, 0.2) is 0 Å². The molecule has 7 aromatic carbocycles. The van der Waals surface area contributed by atoms with Crippen LogP contribution in [0.2, 0.25) is 0 Å². The van der Waals surface area contributed by atoms with E-state index in [2.05, 4.69) is 247 Å². The highest BCUT2D eigenvalue weighted by Gasteiger charge is 2.33. The summed E-state index contributed by atoms with van der Waals surface area (Å²) in [5, 5.41) is 2.38. The van der Waals surface area contributed by atoms with Crippen molar-refractivity contribution in [3.63, 3.8) is 0 Å². The number of fused-ring (bicyclic) bond motifs is 4. The minimum Gasteiger partial charge on any atom is -0.457 e. The SMILES string of the molecule is CC(C)(C)c1ccnc(-n2c3ccc(C(C)(C)C)cc3c3ccc(Oc4cccc(N5CN(c6c(-c7cccc(-c8ccccc8)c7)cccc6C(C)(C)C)c6ccccc65)c4)cc32)c1. The maximum Gasteiger partial charge on any atom is 0.137 e. The molecule has 0 bridgehead atoms. The number of para-hydroxylation sites is 3. The molecule has 1 aliphatic rings. The van der Waals surface area contributed by atoms with Gasteiger partial charge in [-0.1, -0.05) is 153 Å². The van der Waals surface area contributed by atoms with Crippen molar-refractivity contribution in [1.82, 2.24) is 9.55 Å². The first-order valence-corrected chi connectivity index (χ1v) is 22.9. The average Bonchev–Trinajstić information content (AvgIpc) is 3.84. The molecule has 0 spiro atoms. The molecule has 0 amide bonds. The second-order valence-electron chi connectivity index (χ2n) is 20.6. The fourth-order valence-corrected chi connectivity index (χ4v) is 9.43. The zero-order chi connectivity index (χ0) is 45.3. The zero-order valence-electron chi connectivity index (χ0n) is 39.1. The maximum atomic E-state index is 6.84. The largest absolute Gasteiger partial charge is 0.457 e. The van der Waals surface area contributed by atoms with E-state index in [1.165, 1.54) is 61.1 Å². The molecule has 65 heavy (non-hydrogen) atoms. The van der Waals surface area contributed by atoms with Gasteiger partial charge in [0.25, 0.3) is 0 Å². The second-order valence-corrected chi connectivity index (χ2v) is 20.6. The van der Waals surface area contributed by atoms with Crippen molar-refractivity contribution in [1.29, 1.82) is 0 Å². The maximum absolute atomic E-state index is 6.84. The number of benzene rings is 7. The van der Waals surface area contributed by atoms with Crippen molar-refractivity contribution in [3.05, 3.63) is 193 Å². The Balaban J connectivity index is 1.03. The van der Waals surface area contributed by atoms with Crippen LogP contribution in [-0.4, -0.2) is 16.2 Å². The molecule has 5 heteroatoms. The van der Waals surface area contributed by atoms with E-state index in [0.717, 1.165) is 39.7 Å². The first-order chi connectivity index (χ1) is 31.1. The molecule has 324 valence electrons. The molecule has 0 saturated carbocycles. The summed E-state index contributed by atoms with van der Waals surface area (Å²) in [5.74, 6) is 2.45.